The van der Waals surface area contributed by atoms with E-state index in [0.717, 1.165) is 18.9 Å². The summed E-state index contributed by atoms with van der Waals surface area (Å²) in [7, 11) is 0. The van der Waals surface area contributed by atoms with Gasteiger partial charge in [-0.3, -0.25) is 0 Å². The van der Waals surface area contributed by atoms with Crippen molar-refractivity contribution in [3.05, 3.63) is 35.9 Å². The lowest BCUT2D eigenvalue weighted by Crippen LogP contribution is -2.41. The molecule has 1 atom stereocenters. The maximum atomic E-state index is 6.40. The van der Waals surface area contributed by atoms with Gasteiger partial charge in [0.15, 0.2) is 0 Å². The molecule has 1 unspecified atom stereocenters. The smallest absolute Gasteiger partial charge is 0.0688 e. The Morgan fingerprint density at radius 1 is 1.31 bits per heavy atom. The summed E-state index contributed by atoms with van der Waals surface area (Å²) in [5, 5.41) is 0. The molecule has 0 spiro atoms. The third-order valence-corrected chi connectivity index (χ3v) is 3.39. The number of nitrogens with two attached hydrogens (primary N) is 1. The van der Waals surface area contributed by atoms with E-state index < -0.39 is 0 Å². The summed E-state index contributed by atoms with van der Waals surface area (Å²) < 4.78 is 5.74. The zero-order valence-electron chi connectivity index (χ0n) is 9.99. The van der Waals surface area contributed by atoms with E-state index in [-0.39, 0.29) is 5.54 Å². The molecule has 88 valence electrons. The van der Waals surface area contributed by atoms with E-state index in [1.165, 1.54) is 18.4 Å². The maximum absolute atomic E-state index is 6.40. The first kappa shape index (κ1) is 11.6. The van der Waals surface area contributed by atoms with Gasteiger partial charge in [-0.15, -0.1) is 0 Å². The summed E-state index contributed by atoms with van der Waals surface area (Å²) in [6, 6.07) is 10.3. The average Bonchev–Trinajstić information content (AvgIpc) is 3.14. The van der Waals surface area contributed by atoms with Crippen molar-refractivity contribution in [2.75, 3.05) is 13.2 Å². The second kappa shape index (κ2) is 4.98. The number of rotatable bonds is 6. The van der Waals surface area contributed by atoms with E-state index in [1.807, 2.05) is 18.2 Å². The molecule has 0 bridgehead atoms. The highest BCUT2D eigenvalue weighted by Gasteiger charge is 2.27. The van der Waals surface area contributed by atoms with Gasteiger partial charge in [0, 0.05) is 6.61 Å². The van der Waals surface area contributed by atoms with Crippen molar-refractivity contribution in [1.82, 2.24) is 0 Å². The molecule has 0 radical (unpaired) electrons. The van der Waals surface area contributed by atoms with Crippen LogP contribution in [-0.4, -0.2) is 13.2 Å². The Labute approximate surface area is 97.8 Å². The third kappa shape index (κ3) is 2.83. The number of ether oxygens (including phenoxy) is 1. The first-order chi connectivity index (χ1) is 7.74. The topological polar surface area (TPSA) is 35.2 Å². The van der Waals surface area contributed by atoms with Gasteiger partial charge in [-0.05, 0) is 30.7 Å². The molecule has 2 N–H and O–H groups in total. The molecule has 2 nitrogen and oxygen atoms in total. The third-order valence-electron chi connectivity index (χ3n) is 3.39. The van der Waals surface area contributed by atoms with Crippen LogP contribution in [0.5, 0.6) is 0 Å². The SMILES string of the molecule is CCC(N)(COCC1CC1)c1ccccc1. The van der Waals surface area contributed by atoms with Crippen LogP contribution in [0.25, 0.3) is 0 Å². The molecule has 0 heterocycles. The highest BCUT2D eigenvalue weighted by molar-refractivity contribution is 5.23. The summed E-state index contributed by atoms with van der Waals surface area (Å²) in [6.07, 6.45) is 3.56. The van der Waals surface area contributed by atoms with Gasteiger partial charge in [-0.25, -0.2) is 0 Å². The Hall–Kier alpha value is -0.860. The largest absolute Gasteiger partial charge is 0.379 e. The van der Waals surface area contributed by atoms with Crippen molar-refractivity contribution in [1.29, 1.82) is 0 Å². The molecule has 0 aromatic heterocycles. The molecule has 0 amide bonds. The van der Waals surface area contributed by atoms with Crippen molar-refractivity contribution >= 4 is 0 Å². The van der Waals surface area contributed by atoms with Gasteiger partial charge in [-0.1, -0.05) is 37.3 Å². The van der Waals surface area contributed by atoms with Crippen LogP contribution in [0.2, 0.25) is 0 Å². The van der Waals surface area contributed by atoms with Crippen LogP contribution in [0.1, 0.15) is 31.7 Å². The molecular weight excluding hydrogens is 198 g/mol. The minimum atomic E-state index is -0.323. The minimum Gasteiger partial charge on any atom is -0.379 e. The van der Waals surface area contributed by atoms with Crippen LogP contribution in [0.15, 0.2) is 30.3 Å². The Bertz CT molecular complexity index is 321. The molecule has 16 heavy (non-hydrogen) atoms. The number of hydrogen-bond acceptors (Lipinski definition) is 2. The second-order valence-corrected chi connectivity index (χ2v) is 4.83. The minimum absolute atomic E-state index is 0.323. The maximum Gasteiger partial charge on any atom is 0.0688 e. The molecule has 1 aromatic carbocycles. The first-order valence-electron chi connectivity index (χ1n) is 6.17. The first-order valence-corrected chi connectivity index (χ1v) is 6.17. The number of hydrogen-bond donors (Lipinski definition) is 1. The molecule has 1 aliphatic carbocycles. The van der Waals surface area contributed by atoms with Crippen LogP contribution >= 0.6 is 0 Å². The fourth-order valence-electron chi connectivity index (χ4n) is 1.85. The normalized spacial score (nSPS) is 19.4. The van der Waals surface area contributed by atoms with Gasteiger partial charge >= 0.3 is 0 Å². The highest BCUT2D eigenvalue weighted by atomic mass is 16.5. The molecule has 1 fully saturated rings. The fourth-order valence-corrected chi connectivity index (χ4v) is 1.85. The van der Waals surface area contributed by atoms with Crippen LogP contribution in [0, 0.1) is 5.92 Å². The predicted molar refractivity (Wildman–Crippen MR) is 66.1 cm³/mol. The van der Waals surface area contributed by atoms with Crippen LogP contribution in [0.3, 0.4) is 0 Å². The monoisotopic (exact) mass is 219 g/mol. The van der Waals surface area contributed by atoms with Gasteiger partial charge < -0.3 is 10.5 Å². The van der Waals surface area contributed by atoms with Crippen molar-refractivity contribution in [2.24, 2.45) is 11.7 Å². The summed E-state index contributed by atoms with van der Waals surface area (Å²) in [4.78, 5) is 0. The Morgan fingerprint density at radius 3 is 2.56 bits per heavy atom. The van der Waals surface area contributed by atoms with Gasteiger partial charge in [-0.2, -0.15) is 0 Å². The van der Waals surface area contributed by atoms with Crippen molar-refractivity contribution in [2.45, 2.75) is 31.7 Å². The van der Waals surface area contributed by atoms with Crippen molar-refractivity contribution in [3.63, 3.8) is 0 Å². The number of benzene rings is 1. The average molecular weight is 219 g/mol. The summed E-state index contributed by atoms with van der Waals surface area (Å²) in [5.41, 5.74) is 7.25. The van der Waals surface area contributed by atoms with E-state index in [0.29, 0.717) is 6.61 Å². The molecule has 2 rings (SSSR count). The van der Waals surface area contributed by atoms with Crippen molar-refractivity contribution in [3.8, 4) is 0 Å². The van der Waals surface area contributed by atoms with Crippen LogP contribution in [0.4, 0.5) is 0 Å². The summed E-state index contributed by atoms with van der Waals surface area (Å²) in [5.74, 6) is 0.803. The summed E-state index contributed by atoms with van der Waals surface area (Å²) >= 11 is 0. The highest BCUT2D eigenvalue weighted by Crippen LogP contribution is 2.30. The summed E-state index contributed by atoms with van der Waals surface area (Å²) in [6.45, 7) is 3.63. The molecule has 2 heteroatoms. The van der Waals surface area contributed by atoms with E-state index in [9.17, 15) is 0 Å². The zero-order chi connectivity index (χ0) is 11.4. The lowest BCUT2D eigenvalue weighted by Gasteiger charge is -2.28. The van der Waals surface area contributed by atoms with Crippen LogP contribution < -0.4 is 5.73 Å². The van der Waals surface area contributed by atoms with Gasteiger partial charge in [0.2, 0.25) is 0 Å². The quantitative estimate of drug-likeness (QED) is 0.798. The molecule has 1 aliphatic rings. The van der Waals surface area contributed by atoms with E-state index >= 15 is 0 Å². The van der Waals surface area contributed by atoms with E-state index in [1.54, 1.807) is 0 Å². The van der Waals surface area contributed by atoms with E-state index in [4.69, 9.17) is 10.5 Å². The zero-order valence-corrected chi connectivity index (χ0v) is 9.99. The van der Waals surface area contributed by atoms with Gasteiger partial charge in [0.1, 0.15) is 0 Å². The molecule has 1 aromatic rings. The Balaban J connectivity index is 1.94. The molecular formula is C14H21NO. The Morgan fingerprint density at radius 2 is 2.00 bits per heavy atom. The van der Waals surface area contributed by atoms with Gasteiger partial charge in [0.25, 0.3) is 0 Å². The lowest BCUT2D eigenvalue weighted by atomic mass is 9.89. The van der Waals surface area contributed by atoms with Crippen molar-refractivity contribution < 1.29 is 4.74 Å². The standard InChI is InChI=1S/C14H21NO/c1-2-14(15,11-16-10-12-8-9-12)13-6-4-3-5-7-13/h3-7,12H,2,8-11,15H2,1H3. The predicted octanol–water partition coefficient (Wildman–Crippen LogP) is 2.68. The second-order valence-electron chi connectivity index (χ2n) is 4.83. The molecule has 0 saturated heterocycles. The Kier molecular flexibility index (Phi) is 3.62. The lowest BCUT2D eigenvalue weighted by molar-refractivity contribution is 0.0746. The van der Waals surface area contributed by atoms with Crippen LogP contribution in [-0.2, 0) is 10.3 Å². The van der Waals surface area contributed by atoms with Gasteiger partial charge in [0.05, 0.1) is 12.1 Å². The molecule has 1 saturated carbocycles. The fraction of sp³-hybridized carbons (Fsp3) is 0.571. The van der Waals surface area contributed by atoms with E-state index in [2.05, 4.69) is 19.1 Å². The molecule has 0 aliphatic heterocycles.